The van der Waals surface area contributed by atoms with E-state index in [0.717, 1.165) is 4.57 Å². The fourth-order valence-corrected chi connectivity index (χ4v) is 2.39. The smallest absolute Gasteiger partial charge is 0.329 e. The maximum Gasteiger partial charge on any atom is 0.329 e. The molecule has 0 aliphatic rings. The zero-order chi connectivity index (χ0) is 17.2. The van der Waals surface area contributed by atoms with Crippen molar-refractivity contribution in [3.05, 3.63) is 45.1 Å². The van der Waals surface area contributed by atoms with Gasteiger partial charge in [0, 0.05) is 13.6 Å². The quantitative estimate of drug-likeness (QED) is 0.818. The van der Waals surface area contributed by atoms with Crippen LogP contribution in [0.15, 0.2) is 33.9 Å². The highest BCUT2D eigenvalue weighted by Gasteiger charge is 2.22. The van der Waals surface area contributed by atoms with E-state index in [1.165, 1.54) is 4.90 Å². The van der Waals surface area contributed by atoms with Gasteiger partial charge in [-0.2, -0.15) is 0 Å². The molecule has 0 atom stereocenters. The number of hydrogen-bond donors (Lipinski definition) is 2. The van der Waals surface area contributed by atoms with Crippen LogP contribution in [0.5, 0.6) is 0 Å². The molecule has 0 saturated carbocycles. The van der Waals surface area contributed by atoms with Crippen molar-refractivity contribution in [3.8, 4) is 0 Å². The number of halogens is 1. The van der Waals surface area contributed by atoms with Crippen LogP contribution in [-0.4, -0.2) is 40.5 Å². The van der Waals surface area contributed by atoms with Gasteiger partial charge in [0.15, 0.2) is 0 Å². The van der Waals surface area contributed by atoms with Crippen molar-refractivity contribution in [3.63, 3.8) is 0 Å². The number of amides is 1. The Hall–Kier alpha value is -2.12. The standard InChI is InChI=1S/C16H22N4O3.ClH/c1-16(2,9-17)10-19(3)13(21)8-20-14(22)11-6-4-5-7-12(11)18-15(20)23;/h4-7H,8-10,17H2,1-3H3,(H,18,23);1H. The van der Waals surface area contributed by atoms with Gasteiger partial charge in [-0.3, -0.25) is 14.2 Å². The third-order valence-electron chi connectivity index (χ3n) is 3.83. The van der Waals surface area contributed by atoms with Gasteiger partial charge in [-0.15, -0.1) is 12.4 Å². The van der Waals surface area contributed by atoms with E-state index in [9.17, 15) is 14.4 Å². The number of nitrogens with two attached hydrogens (primary N) is 1. The summed E-state index contributed by atoms with van der Waals surface area (Å²) in [5, 5.41) is 0.379. The molecule has 0 unspecified atom stereocenters. The van der Waals surface area contributed by atoms with Crippen molar-refractivity contribution in [1.29, 1.82) is 0 Å². The Labute approximate surface area is 145 Å². The summed E-state index contributed by atoms with van der Waals surface area (Å²) >= 11 is 0. The lowest BCUT2D eigenvalue weighted by Crippen LogP contribution is -2.44. The van der Waals surface area contributed by atoms with E-state index in [1.807, 2.05) is 13.8 Å². The number of fused-ring (bicyclic) bond motifs is 1. The summed E-state index contributed by atoms with van der Waals surface area (Å²) in [4.78, 5) is 40.9. The Balaban J connectivity index is 0.00000288. The van der Waals surface area contributed by atoms with Crippen molar-refractivity contribution in [2.75, 3.05) is 20.1 Å². The Kier molecular flexibility index (Phi) is 6.34. The van der Waals surface area contributed by atoms with Gasteiger partial charge in [0.1, 0.15) is 6.54 Å². The third kappa shape index (κ3) is 4.24. The highest BCUT2D eigenvalue weighted by Crippen LogP contribution is 2.14. The molecule has 0 radical (unpaired) electrons. The molecule has 3 N–H and O–H groups in total. The zero-order valence-corrected chi connectivity index (χ0v) is 14.9. The first-order chi connectivity index (χ1) is 10.7. The number of benzene rings is 1. The predicted octanol–water partition coefficient (Wildman–Crippen LogP) is 0.555. The van der Waals surface area contributed by atoms with Crippen molar-refractivity contribution in [1.82, 2.24) is 14.5 Å². The monoisotopic (exact) mass is 354 g/mol. The van der Waals surface area contributed by atoms with E-state index >= 15 is 0 Å². The summed E-state index contributed by atoms with van der Waals surface area (Å²) in [7, 11) is 1.64. The first-order valence-electron chi connectivity index (χ1n) is 7.41. The Bertz CT molecular complexity index is 841. The zero-order valence-electron chi connectivity index (χ0n) is 14.0. The molecular formula is C16H23ClN4O3. The highest BCUT2D eigenvalue weighted by molar-refractivity contribution is 5.85. The molecule has 0 spiro atoms. The Morgan fingerprint density at radius 1 is 1.29 bits per heavy atom. The van der Waals surface area contributed by atoms with E-state index in [0.29, 0.717) is 24.0 Å². The second-order valence-corrected chi connectivity index (χ2v) is 6.49. The maximum atomic E-state index is 12.4. The fourth-order valence-electron chi connectivity index (χ4n) is 2.39. The third-order valence-corrected chi connectivity index (χ3v) is 3.83. The van der Waals surface area contributed by atoms with Crippen LogP contribution < -0.4 is 17.0 Å². The molecule has 2 aromatic rings. The molecule has 0 fully saturated rings. The number of carbonyl (C=O) groups is 1. The fraction of sp³-hybridized carbons (Fsp3) is 0.438. The maximum absolute atomic E-state index is 12.4. The van der Waals surface area contributed by atoms with Crippen LogP contribution in [0.2, 0.25) is 0 Å². The van der Waals surface area contributed by atoms with Crippen molar-refractivity contribution < 1.29 is 4.79 Å². The van der Waals surface area contributed by atoms with Crippen LogP contribution in [0.4, 0.5) is 0 Å². The van der Waals surface area contributed by atoms with Gasteiger partial charge in [-0.25, -0.2) is 4.79 Å². The number of aromatic amines is 1. The molecule has 7 nitrogen and oxygen atoms in total. The second kappa shape index (κ2) is 7.63. The molecular weight excluding hydrogens is 332 g/mol. The molecule has 0 saturated heterocycles. The van der Waals surface area contributed by atoms with E-state index in [1.54, 1.807) is 31.3 Å². The average molecular weight is 355 g/mol. The summed E-state index contributed by atoms with van der Waals surface area (Å²) in [5.41, 5.74) is 4.84. The Morgan fingerprint density at radius 2 is 1.92 bits per heavy atom. The SMILES string of the molecule is CN(CC(C)(C)CN)C(=O)Cn1c(=O)[nH]c2ccccc2c1=O.Cl. The van der Waals surface area contributed by atoms with Crippen molar-refractivity contribution in [2.24, 2.45) is 11.1 Å². The molecule has 0 aliphatic carbocycles. The summed E-state index contributed by atoms with van der Waals surface area (Å²) < 4.78 is 0.927. The first-order valence-corrected chi connectivity index (χ1v) is 7.41. The lowest BCUT2D eigenvalue weighted by molar-refractivity contribution is -0.131. The number of nitrogens with zero attached hydrogens (tertiary/aromatic N) is 2. The minimum absolute atomic E-state index is 0. The number of carbonyl (C=O) groups excluding carboxylic acids is 1. The molecule has 24 heavy (non-hydrogen) atoms. The van der Waals surface area contributed by atoms with Crippen LogP contribution >= 0.6 is 12.4 Å². The lowest BCUT2D eigenvalue weighted by atomic mass is 9.93. The van der Waals surface area contributed by atoms with E-state index in [-0.39, 0.29) is 30.3 Å². The van der Waals surface area contributed by atoms with Crippen molar-refractivity contribution in [2.45, 2.75) is 20.4 Å². The molecule has 8 heteroatoms. The van der Waals surface area contributed by atoms with E-state index < -0.39 is 11.2 Å². The number of aromatic nitrogens is 2. The number of para-hydroxylation sites is 1. The van der Waals surface area contributed by atoms with Crippen molar-refractivity contribution >= 4 is 29.2 Å². The number of H-pyrrole nitrogens is 1. The Morgan fingerprint density at radius 3 is 2.54 bits per heavy atom. The van der Waals surface area contributed by atoms with Crippen LogP contribution in [-0.2, 0) is 11.3 Å². The number of hydrogen-bond acceptors (Lipinski definition) is 4. The van der Waals surface area contributed by atoms with Gasteiger partial charge in [0.05, 0.1) is 10.9 Å². The predicted molar refractivity (Wildman–Crippen MR) is 96.5 cm³/mol. The summed E-state index contributed by atoms with van der Waals surface area (Å²) in [6.45, 7) is 4.48. The second-order valence-electron chi connectivity index (χ2n) is 6.49. The molecule has 1 aromatic heterocycles. The molecule has 1 aromatic carbocycles. The molecule has 2 rings (SSSR count). The average Bonchev–Trinajstić information content (AvgIpc) is 2.50. The van der Waals surface area contributed by atoms with Crippen LogP contribution in [0.1, 0.15) is 13.8 Å². The van der Waals surface area contributed by atoms with Crippen LogP contribution in [0.3, 0.4) is 0 Å². The summed E-state index contributed by atoms with van der Waals surface area (Å²) in [6, 6.07) is 6.72. The first kappa shape index (κ1) is 19.9. The minimum Gasteiger partial charge on any atom is -0.344 e. The van der Waals surface area contributed by atoms with Gasteiger partial charge >= 0.3 is 5.69 Å². The van der Waals surface area contributed by atoms with E-state index in [4.69, 9.17) is 5.73 Å². The molecule has 1 heterocycles. The highest BCUT2D eigenvalue weighted by atomic mass is 35.5. The number of nitrogens with one attached hydrogen (secondary N) is 1. The van der Waals surface area contributed by atoms with Gasteiger partial charge < -0.3 is 15.6 Å². The normalized spacial score (nSPS) is 11.2. The molecule has 132 valence electrons. The van der Waals surface area contributed by atoms with Gasteiger partial charge in [0.25, 0.3) is 5.56 Å². The van der Waals surface area contributed by atoms with Crippen LogP contribution in [0, 0.1) is 5.41 Å². The van der Waals surface area contributed by atoms with E-state index in [2.05, 4.69) is 4.98 Å². The lowest BCUT2D eigenvalue weighted by Gasteiger charge is -2.29. The molecule has 0 bridgehead atoms. The number of likely N-dealkylation sites (N-methyl/N-ethyl adjacent to an activating group) is 1. The van der Waals surface area contributed by atoms with Gasteiger partial charge in [-0.05, 0) is 24.1 Å². The molecule has 0 aliphatic heterocycles. The van der Waals surface area contributed by atoms with Gasteiger partial charge in [0.2, 0.25) is 5.91 Å². The summed E-state index contributed by atoms with van der Waals surface area (Å²) in [5.74, 6) is -0.311. The number of rotatable bonds is 5. The minimum atomic E-state index is -0.589. The molecule has 1 amide bonds. The van der Waals surface area contributed by atoms with Gasteiger partial charge in [-0.1, -0.05) is 26.0 Å². The topological polar surface area (TPSA) is 101 Å². The largest absolute Gasteiger partial charge is 0.344 e. The summed E-state index contributed by atoms with van der Waals surface area (Å²) in [6.07, 6.45) is 0. The van der Waals surface area contributed by atoms with Crippen LogP contribution in [0.25, 0.3) is 10.9 Å².